The SMILES string of the molecule is Cn1ncnc1SCC(=O)C1CCCCC1. The largest absolute Gasteiger partial charge is 0.298 e. The van der Waals surface area contributed by atoms with Crippen LogP contribution in [-0.2, 0) is 11.8 Å². The van der Waals surface area contributed by atoms with Gasteiger partial charge in [0.2, 0.25) is 0 Å². The lowest BCUT2D eigenvalue weighted by Gasteiger charge is -2.19. The standard InChI is InChI=1S/C11H17N3OS/c1-14-11(12-8-13-14)16-7-10(15)9-5-3-2-4-6-9/h8-9H,2-7H2,1H3. The van der Waals surface area contributed by atoms with Gasteiger partial charge in [0, 0.05) is 13.0 Å². The summed E-state index contributed by atoms with van der Waals surface area (Å²) in [7, 11) is 1.85. The molecule has 0 bridgehead atoms. The summed E-state index contributed by atoms with van der Waals surface area (Å²) in [5.74, 6) is 1.22. The first-order valence-electron chi connectivity index (χ1n) is 5.77. The van der Waals surface area contributed by atoms with Gasteiger partial charge in [0.05, 0.1) is 5.75 Å². The van der Waals surface area contributed by atoms with Gasteiger partial charge in [-0.3, -0.25) is 4.79 Å². The minimum absolute atomic E-state index is 0.300. The summed E-state index contributed by atoms with van der Waals surface area (Å²) in [6.45, 7) is 0. The topological polar surface area (TPSA) is 47.8 Å². The van der Waals surface area contributed by atoms with E-state index in [4.69, 9.17) is 0 Å². The highest BCUT2D eigenvalue weighted by molar-refractivity contribution is 7.99. The Morgan fingerprint density at radius 1 is 1.50 bits per heavy atom. The average molecular weight is 239 g/mol. The van der Waals surface area contributed by atoms with E-state index in [0.29, 0.717) is 17.5 Å². The van der Waals surface area contributed by atoms with Crippen molar-refractivity contribution in [2.24, 2.45) is 13.0 Å². The van der Waals surface area contributed by atoms with Crippen LogP contribution in [0.4, 0.5) is 0 Å². The Bertz CT molecular complexity index is 358. The van der Waals surface area contributed by atoms with Gasteiger partial charge in [-0.1, -0.05) is 31.0 Å². The highest BCUT2D eigenvalue weighted by Crippen LogP contribution is 2.26. The monoisotopic (exact) mass is 239 g/mol. The highest BCUT2D eigenvalue weighted by Gasteiger charge is 2.21. The number of ketones is 1. The molecule has 1 aliphatic carbocycles. The Balaban J connectivity index is 1.81. The zero-order valence-electron chi connectivity index (χ0n) is 9.56. The maximum Gasteiger partial charge on any atom is 0.186 e. The third-order valence-electron chi connectivity index (χ3n) is 3.07. The first-order valence-corrected chi connectivity index (χ1v) is 6.75. The second kappa shape index (κ2) is 5.48. The van der Waals surface area contributed by atoms with Crippen molar-refractivity contribution >= 4 is 17.5 Å². The van der Waals surface area contributed by atoms with E-state index in [2.05, 4.69) is 10.1 Å². The molecule has 2 rings (SSSR count). The van der Waals surface area contributed by atoms with Crippen LogP contribution in [0.1, 0.15) is 32.1 Å². The molecular weight excluding hydrogens is 222 g/mol. The number of carbonyl (C=O) groups is 1. The summed E-state index contributed by atoms with van der Waals surface area (Å²) in [5, 5.41) is 4.80. The van der Waals surface area contributed by atoms with E-state index in [1.807, 2.05) is 7.05 Å². The fourth-order valence-corrected chi connectivity index (χ4v) is 2.96. The Morgan fingerprint density at radius 2 is 2.25 bits per heavy atom. The third-order valence-corrected chi connectivity index (χ3v) is 4.13. The van der Waals surface area contributed by atoms with Gasteiger partial charge in [-0.05, 0) is 12.8 Å². The number of Topliss-reactive ketones (excluding diaryl/α,β-unsaturated/α-hetero) is 1. The molecule has 16 heavy (non-hydrogen) atoms. The molecular formula is C11H17N3OS. The first kappa shape index (κ1) is 11.6. The second-order valence-corrected chi connectivity index (χ2v) is 5.20. The van der Waals surface area contributed by atoms with Crippen molar-refractivity contribution in [2.75, 3.05) is 5.75 Å². The van der Waals surface area contributed by atoms with Gasteiger partial charge in [-0.2, -0.15) is 5.10 Å². The number of thioether (sulfide) groups is 1. The van der Waals surface area contributed by atoms with Gasteiger partial charge in [0.1, 0.15) is 12.1 Å². The number of carbonyl (C=O) groups excluding carboxylic acids is 1. The van der Waals surface area contributed by atoms with Crippen molar-refractivity contribution in [3.8, 4) is 0 Å². The number of rotatable bonds is 4. The summed E-state index contributed by atoms with van der Waals surface area (Å²) >= 11 is 1.50. The molecule has 1 fully saturated rings. The molecule has 0 spiro atoms. The zero-order chi connectivity index (χ0) is 11.4. The lowest BCUT2D eigenvalue weighted by molar-refractivity contribution is -0.121. The summed E-state index contributed by atoms with van der Waals surface area (Å²) in [6.07, 6.45) is 7.40. The molecule has 4 nitrogen and oxygen atoms in total. The fourth-order valence-electron chi connectivity index (χ4n) is 2.09. The molecule has 0 amide bonds. The van der Waals surface area contributed by atoms with Gasteiger partial charge in [0.15, 0.2) is 5.16 Å². The molecule has 88 valence electrons. The van der Waals surface area contributed by atoms with E-state index >= 15 is 0 Å². The van der Waals surface area contributed by atoms with E-state index in [1.165, 1.54) is 37.4 Å². The van der Waals surface area contributed by atoms with E-state index in [1.54, 1.807) is 4.68 Å². The van der Waals surface area contributed by atoms with E-state index in [-0.39, 0.29) is 0 Å². The minimum Gasteiger partial charge on any atom is -0.298 e. The third kappa shape index (κ3) is 2.84. The van der Waals surface area contributed by atoms with Crippen LogP contribution in [-0.4, -0.2) is 26.3 Å². The van der Waals surface area contributed by atoms with Crippen LogP contribution in [0.2, 0.25) is 0 Å². The lowest BCUT2D eigenvalue weighted by atomic mass is 9.87. The van der Waals surface area contributed by atoms with Crippen LogP contribution in [0.25, 0.3) is 0 Å². The van der Waals surface area contributed by atoms with Crippen LogP contribution in [0.5, 0.6) is 0 Å². The lowest BCUT2D eigenvalue weighted by Crippen LogP contribution is -2.19. The Morgan fingerprint density at radius 3 is 2.88 bits per heavy atom. The molecule has 1 aromatic rings. The quantitative estimate of drug-likeness (QED) is 0.755. The smallest absolute Gasteiger partial charge is 0.186 e. The summed E-state index contributed by atoms with van der Waals surface area (Å²) in [6, 6.07) is 0. The molecule has 0 N–H and O–H groups in total. The van der Waals surface area contributed by atoms with Crippen LogP contribution >= 0.6 is 11.8 Å². The van der Waals surface area contributed by atoms with Gasteiger partial charge < -0.3 is 0 Å². The zero-order valence-corrected chi connectivity index (χ0v) is 10.4. The average Bonchev–Trinajstić information content (AvgIpc) is 2.73. The second-order valence-electron chi connectivity index (χ2n) is 4.26. The Kier molecular flexibility index (Phi) is 3.98. The normalized spacial score (nSPS) is 17.6. The van der Waals surface area contributed by atoms with E-state index in [0.717, 1.165) is 18.0 Å². The number of hydrogen-bond acceptors (Lipinski definition) is 4. The maximum atomic E-state index is 11.9. The Hall–Kier alpha value is -0.840. The number of nitrogens with zero attached hydrogens (tertiary/aromatic N) is 3. The van der Waals surface area contributed by atoms with Crippen LogP contribution in [0, 0.1) is 5.92 Å². The summed E-state index contributed by atoms with van der Waals surface area (Å²) < 4.78 is 1.71. The number of hydrogen-bond donors (Lipinski definition) is 0. The predicted molar refractivity (Wildman–Crippen MR) is 63.3 cm³/mol. The van der Waals surface area contributed by atoms with Crippen molar-refractivity contribution in [2.45, 2.75) is 37.3 Å². The molecule has 0 saturated heterocycles. The number of aryl methyl sites for hydroxylation is 1. The van der Waals surface area contributed by atoms with E-state index < -0.39 is 0 Å². The molecule has 1 heterocycles. The van der Waals surface area contributed by atoms with Crippen molar-refractivity contribution in [3.63, 3.8) is 0 Å². The molecule has 0 unspecified atom stereocenters. The molecule has 0 aromatic carbocycles. The molecule has 0 aliphatic heterocycles. The first-order chi connectivity index (χ1) is 7.77. The van der Waals surface area contributed by atoms with Crippen molar-refractivity contribution in [1.29, 1.82) is 0 Å². The van der Waals surface area contributed by atoms with E-state index in [9.17, 15) is 4.79 Å². The predicted octanol–water partition coefficient (Wildman–Crippen LogP) is 2.06. The van der Waals surface area contributed by atoms with Crippen LogP contribution in [0.3, 0.4) is 0 Å². The van der Waals surface area contributed by atoms with Crippen LogP contribution < -0.4 is 0 Å². The molecule has 0 atom stereocenters. The summed E-state index contributed by atoms with van der Waals surface area (Å²) in [5.41, 5.74) is 0. The molecule has 5 heteroatoms. The molecule has 1 saturated carbocycles. The maximum absolute atomic E-state index is 11.9. The van der Waals surface area contributed by atoms with Gasteiger partial charge in [-0.15, -0.1) is 0 Å². The summed E-state index contributed by atoms with van der Waals surface area (Å²) in [4.78, 5) is 16.0. The minimum atomic E-state index is 0.300. The van der Waals surface area contributed by atoms with Crippen molar-refractivity contribution in [3.05, 3.63) is 6.33 Å². The Labute approximate surface area is 99.8 Å². The van der Waals surface area contributed by atoms with Crippen molar-refractivity contribution < 1.29 is 4.79 Å². The fraction of sp³-hybridized carbons (Fsp3) is 0.727. The van der Waals surface area contributed by atoms with Crippen LogP contribution in [0.15, 0.2) is 11.5 Å². The molecule has 1 aromatic heterocycles. The van der Waals surface area contributed by atoms with Gasteiger partial charge in [0.25, 0.3) is 0 Å². The highest BCUT2D eigenvalue weighted by atomic mass is 32.2. The van der Waals surface area contributed by atoms with Gasteiger partial charge in [-0.25, -0.2) is 9.67 Å². The van der Waals surface area contributed by atoms with Gasteiger partial charge >= 0.3 is 0 Å². The number of aromatic nitrogens is 3. The molecule has 0 radical (unpaired) electrons. The van der Waals surface area contributed by atoms with Crippen molar-refractivity contribution in [1.82, 2.24) is 14.8 Å². The molecule has 1 aliphatic rings.